The molecular formula is C17H25NO2. The topological polar surface area (TPSA) is 38.3 Å². The Kier molecular flexibility index (Phi) is 4.36. The quantitative estimate of drug-likeness (QED) is 0.842. The van der Waals surface area contributed by atoms with Gasteiger partial charge in [0, 0.05) is 11.7 Å². The Bertz CT molecular complexity index is 484. The molecule has 110 valence electrons. The van der Waals surface area contributed by atoms with E-state index in [2.05, 4.69) is 19.2 Å². The van der Waals surface area contributed by atoms with Crippen LogP contribution in [0.15, 0.2) is 18.2 Å². The molecule has 0 atom stereocenters. The van der Waals surface area contributed by atoms with Crippen molar-refractivity contribution in [3.05, 3.63) is 29.3 Å². The highest BCUT2D eigenvalue weighted by Gasteiger charge is 2.27. The zero-order valence-corrected chi connectivity index (χ0v) is 13.0. The Hall–Kier alpha value is -1.51. The number of nitrogens with one attached hydrogen (secondary N) is 1. The zero-order chi connectivity index (χ0) is 14.8. The number of hydrogen-bond acceptors (Lipinski definition) is 3. The lowest BCUT2D eigenvalue weighted by Crippen LogP contribution is -2.30. The molecule has 1 saturated carbocycles. The summed E-state index contributed by atoms with van der Waals surface area (Å²) in [5.74, 6) is -0.271. The maximum Gasteiger partial charge on any atom is 0.339 e. The van der Waals surface area contributed by atoms with E-state index >= 15 is 0 Å². The lowest BCUT2D eigenvalue weighted by atomic mass is 9.75. The molecule has 2 rings (SSSR count). The maximum absolute atomic E-state index is 11.9. The van der Waals surface area contributed by atoms with Gasteiger partial charge in [-0.25, -0.2) is 4.79 Å². The summed E-state index contributed by atoms with van der Waals surface area (Å²) >= 11 is 0. The van der Waals surface area contributed by atoms with Gasteiger partial charge < -0.3 is 10.1 Å². The number of carbonyl (C=O) groups excluding carboxylic acids is 1. The first-order valence-electron chi connectivity index (χ1n) is 7.37. The third-order valence-corrected chi connectivity index (χ3v) is 4.28. The van der Waals surface area contributed by atoms with Gasteiger partial charge in [0.15, 0.2) is 0 Å². The minimum Gasteiger partial charge on any atom is -0.465 e. The summed E-state index contributed by atoms with van der Waals surface area (Å²) in [7, 11) is 1.43. The molecule has 1 aliphatic carbocycles. The lowest BCUT2D eigenvalue weighted by Gasteiger charge is -2.35. The highest BCUT2D eigenvalue weighted by Crippen LogP contribution is 2.36. The van der Waals surface area contributed by atoms with E-state index in [1.54, 1.807) is 0 Å². The van der Waals surface area contributed by atoms with E-state index in [4.69, 9.17) is 4.74 Å². The monoisotopic (exact) mass is 275 g/mol. The van der Waals surface area contributed by atoms with E-state index in [9.17, 15) is 4.79 Å². The summed E-state index contributed by atoms with van der Waals surface area (Å²) in [6, 6.07) is 6.36. The number of ether oxygens (including phenoxy) is 1. The molecule has 1 aliphatic rings. The first-order chi connectivity index (χ1) is 9.41. The minimum absolute atomic E-state index is 0.271. The van der Waals surface area contributed by atoms with E-state index in [-0.39, 0.29) is 5.97 Å². The van der Waals surface area contributed by atoms with Gasteiger partial charge in [0.1, 0.15) is 0 Å². The molecule has 0 bridgehead atoms. The Balaban J connectivity index is 2.11. The van der Waals surface area contributed by atoms with Crippen LogP contribution in [0.4, 0.5) is 5.69 Å². The van der Waals surface area contributed by atoms with Crippen LogP contribution < -0.4 is 5.32 Å². The van der Waals surface area contributed by atoms with Crippen molar-refractivity contribution in [2.45, 2.75) is 52.5 Å². The van der Waals surface area contributed by atoms with E-state index < -0.39 is 0 Å². The molecule has 1 aromatic carbocycles. The number of aryl methyl sites for hydroxylation is 1. The Morgan fingerprint density at radius 2 is 1.95 bits per heavy atom. The molecule has 1 fully saturated rings. The largest absolute Gasteiger partial charge is 0.465 e. The molecule has 0 unspecified atom stereocenters. The molecule has 20 heavy (non-hydrogen) atoms. The normalized spacial score (nSPS) is 18.6. The molecule has 0 radical (unpaired) electrons. The van der Waals surface area contributed by atoms with Crippen molar-refractivity contribution in [3.63, 3.8) is 0 Å². The van der Waals surface area contributed by atoms with Gasteiger partial charge in [-0.15, -0.1) is 0 Å². The first kappa shape index (κ1) is 14.9. The highest BCUT2D eigenvalue weighted by atomic mass is 16.5. The Morgan fingerprint density at radius 3 is 2.55 bits per heavy atom. The van der Waals surface area contributed by atoms with Crippen LogP contribution in [0.3, 0.4) is 0 Å². The molecule has 0 aliphatic heterocycles. The molecular weight excluding hydrogens is 250 g/mol. The van der Waals surface area contributed by atoms with Crippen LogP contribution in [0.2, 0.25) is 0 Å². The van der Waals surface area contributed by atoms with Gasteiger partial charge in [-0.3, -0.25) is 0 Å². The van der Waals surface area contributed by atoms with E-state index in [0.29, 0.717) is 17.0 Å². The number of esters is 1. The summed E-state index contributed by atoms with van der Waals surface area (Å²) in [6.45, 7) is 6.64. The lowest BCUT2D eigenvalue weighted by molar-refractivity contribution is 0.0601. The first-order valence-corrected chi connectivity index (χ1v) is 7.37. The molecule has 1 aromatic rings. The van der Waals surface area contributed by atoms with Crippen LogP contribution in [0.1, 0.15) is 55.5 Å². The van der Waals surface area contributed by atoms with Gasteiger partial charge >= 0.3 is 5.97 Å². The fourth-order valence-electron chi connectivity index (χ4n) is 2.83. The maximum atomic E-state index is 11.9. The van der Waals surface area contributed by atoms with Crippen LogP contribution >= 0.6 is 0 Å². The number of methoxy groups -OCH3 is 1. The summed E-state index contributed by atoms with van der Waals surface area (Å²) in [5.41, 5.74) is 3.06. The van der Waals surface area contributed by atoms with Crippen LogP contribution in [0, 0.1) is 12.3 Å². The minimum atomic E-state index is -0.271. The zero-order valence-electron chi connectivity index (χ0n) is 13.0. The van der Waals surface area contributed by atoms with E-state index in [0.717, 1.165) is 24.1 Å². The molecule has 0 heterocycles. The summed E-state index contributed by atoms with van der Waals surface area (Å²) in [4.78, 5) is 11.9. The number of benzene rings is 1. The smallest absolute Gasteiger partial charge is 0.339 e. The fourth-order valence-corrected chi connectivity index (χ4v) is 2.83. The van der Waals surface area contributed by atoms with Crippen molar-refractivity contribution >= 4 is 11.7 Å². The standard InChI is InChI=1S/C17H25NO2/c1-12-5-6-15(14(11-12)16(19)20-4)18-13-7-9-17(2,3)10-8-13/h5-6,11,13,18H,7-10H2,1-4H3. The third-order valence-electron chi connectivity index (χ3n) is 4.28. The van der Waals surface area contributed by atoms with Crippen LogP contribution in [0.5, 0.6) is 0 Å². The molecule has 3 heteroatoms. The van der Waals surface area contributed by atoms with Gasteiger partial charge in [-0.1, -0.05) is 25.5 Å². The molecule has 3 nitrogen and oxygen atoms in total. The van der Waals surface area contributed by atoms with Gasteiger partial charge in [-0.2, -0.15) is 0 Å². The van der Waals surface area contributed by atoms with Gasteiger partial charge in [0.05, 0.1) is 12.7 Å². The van der Waals surface area contributed by atoms with Crippen molar-refractivity contribution in [1.29, 1.82) is 0 Å². The SMILES string of the molecule is COC(=O)c1cc(C)ccc1NC1CCC(C)(C)CC1. The van der Waals surface area contributed by atoms with Crippen molar-refractivity contribution in [2.75, 3.05) is 12.4 Å². The average molecular weight is 275 g/mol. The highest BCUT2D eigenvalue weighted by molar-refractivity contribution is 5.95. The number of anilines is 1. The Labute approximate surface area is 121 Å². The second-order valence-electron chi connectivity index (χ2n) is 6.62. The van der Waals surface area contributed by atoms with Crippen molar-refractivity contribution in [3.8, 4) is 0 Å². The predicted molar refractivity (Wildman–Crippen MR) is 82.2 cm³/mol. The van der Waals surface area contributed by atoms with E-state index in [1.165, 1.54) is 20.0 Å². The second-order valence-corrected chi connectivity index (χ2v) is 6.62. The predicted octanol–water partition coefficient (Wildman–Crippen LogP) is 4.16. The third kappa shape index (κ3) is 3.53. The van der Waals surface area contributed by atoms with Gasteiger partial charge in [0.2, 0.25) is 0 Å². The number of hydrogen-bond donors (Lipinski definition) is 1. The van der Waals surface area contributed by atoms with Gasteiger partial charge in [-0.05, 0) is 50.2 Å². The van der Waals surface area contributed by atoms with Crippen molar-refractivity contribution < 1.29 is 9.53 Å². The molecule has 0 amide bonds. The van der Waals surface area contributed by atoms with Crippen molar-refractivity contribution in [2.24, 2.45) is 5.41 Å². The molecule has 0 spiro atoms. The molecule has 1 N–H and O–H groups in total. The summed E-state index contributed by atoms with van der Waals surface area (Å²) < 4.78 is 4.88. The Morgan fingerprint density at radius 1 is 1.30 bits per heavy atom. The summed E-state index contributed by atoms with van der Waals surface area (Å²) in [6.07, 6.45) is 4.76. The van der Waals surface area contributed by atoms with Crippen LogP contribution in [-0.4, -0.2) is 19.1 Å². The number of carbonyl (C=O) groups is 1. The molecule has 0 saturated heterocycles. The van der Waals surface area contributed by atoms with Crippen LogP contribution in [-0.2, 0) is 4.74 Å². The fraction of sp³-hybridized carbons (Fsp3) is 0.588. The second kappa shape index (κ2) is 5.86. The summed E-state index contributed by atoms with van der Waals surface area (Å²) in [5, 5.41) is 3.53. The number of rotatable bonds is 3. The van der Waals surface area contributed by atoms with Crippen molar-refractivity contribution in [1.82, 2.24) is 0 Å². The molecule has 0 aromatic heterocycles. The van der Waals surface area contributed by atoms with E-state index in [1.807, 2.05) is 25.1 Å². The van der Waals surface area contributed by atoms with Crippen LogP contribution in [0.25, 0.3) is 0 Å². The average Bonchev–Trinajstić information content (AvgIpc) is 2.42. The van der Waals surface area contributed by atoms with Gasteiger partial charge in [0.25, 0.3) is 0 Å².